The number of halogens is 1. The summed E-state index contributed by atoms with van der Waals surface area (Å²) in [7, 11) is 0. The van der Waals surface area contributed by atoms with Crippen LogP contribution in [0.25, 0.3) is 0 Å². The van der Waals surface area contributed by atoms with Crippen LogP contribution in [-0.4, -0.2) is 23.2 Å². The summed E-state index contributed by atoms with van der Waals surface area (Å²) in [5.41, 5.74) is 0.361. The Bertz CT molecular complexity index is 575. The van der Waals surface area contributed by atoms with Crippen molar-refractivity contribution < 1.29 is 14.3 Å². The maximum atomic E-state index is 12.5. The second-order valence-electron chi connectivity index (χ2n) is 9.59. The second-order valence-corrected chi connectivity index (χ2v) is 10.2. The number of alkyl halides is 1. The number of hydrogen-bond donors (Lipinski definition) is 0. The van der Waals surface area contributed by atoms with Gasteiger partial charge in [0.05, 0.1) is 0 Å². The highest BCUT2D eigenvalue weighted by molar-refractivity contribution is 9.09. The molecule has 0 bridgehead atoms. The van der Waals surface area contributed by atoms with Gasteiger partial charge in [0.1, 0.15) is 17.2 Å². The highest BCUT2D eigenvalue weighted by Gasteiger charge is 2.60. The molecule has 0 amide bonds. The summed E-state index contributed by atoms with van der Waals surface area (Å²) in [6, 6.07) is 0. The number of fused-ring (bicyclic) bond motifs is 5. The first kappa shape index (κ1) is 18.0. The van der Waals surface area contributed by atoms with Crippen molar-refractivity contribution in [3.8, 4) is 0 Å². The molecule has 7 atom stereocenters. The summed E-state index contributed by atoms with van der Waals surface area (Å²) in [5.74, 6) is 3.22. The van der Waals surface area contributed by atoms with E-state index in [2.05, 4.69) is 29.8 Å². The number of ether oxygens (including phenoxy) is 1. The van der Waals surface area contributed by atoms with Crippen LogP contribution < -0.4 is 0 Å². The van der Waals surface area contributed by atoms with Crippen LogP contribution in [-0.2, 0) is 14.3 Å². The number of rotatable bonds is 2. The summed E-state index contributed by atoms with van der Waals surface area (Å²) < 4.78 is 5.64. The fourth-order valence-electron chi connectivity index (χ4n) is 7.31. The van der Waals surface area contributed by atoms with E-state index in [1.165, 1.54) is 25.7 Å². The molecule has 3 nitrogen and oxygen atoms in total. The van der Waals surface area contributed by atoms with Crippen molar-refractivity contribution in [2.24, 2.45) is 34.5 Å². The third-order valence-corrected chi connectivity index (χ3v) is 9.19. The first-order valence-corrected chi connectivity index (χ1v) is 11.3. The van der Waals surface area contributed by atoms with E-state index in [1.807, 2.05) is 0 Å². The van der Waals surface area contributed by atoms with Gasteiger partial charge < -0.3 is 4.74 Å². The minimum Gasteiger partial charge on any atom is -0.462 e. The van der Waals surface area contributed by atoms with Gasteiger partial charge in [-0.25, -0.2) is 0 Å². The molecule has 4 heteroatoms. The molecule has 0 heterocycles. The summed E-state index contributed by atoms with van der Waals surface area (Å²) in [6.07, 6.45) is 10.1. The Morgan fingerprint density at radius 2 is 1.92 bits per heavy atom. The lowest BCUT2D eigenvalue weighted by molar-refractivity contribution is -0.159. The van der Waals surface area contributed by atoms with E-state index in [1.54, 1.807) is 0 Å². The van der Waals surface area contributed by atoms with E-state index < -0.39 is 0 Å². The van der Waals surface area contributed by atoms with Crippen molar-refractivity contribution in [3.05, 3.63) is 0 Å². The summed E-state index contributed by atoms with van der Waals surface area (Å²) in [6.45, 7) is 4.77. The predicted octanol–water partition coefficient (Wildman–Crippen LogP) is 4.90. The molecule has 0 aliphatic heterocycles. The zero-order chi connectivity index (χ0) is 17.8. The van der Waals surface area contributed by atoms with Gasteiger partial charge in [-0.3, -0.25) is 9.59 Å². The van der Waals surface area contributed by atoms with Crippen LogP contribution in [0.1, 0.15) is 71.6 Å². The third-order valence-electron chi connectivity index (χ3n) is 8.73. The van der Waals surface area contributed by atoms with Crippen LogP contribution in [0.4, 0.5) is 0 Å². The largest absolute Gasteiger partial charge is 0.462 e. The molecule has 0 aromatic carbocycles. The van der Waals surface area contributed by atoms with Gasteiger partial charge in [-0.05, 0) is 80.5 Å². The van der Waals surface area contributed by atoms with E-state index in [4.69, 9.17) is 4.74 Å². The minimum absolute atomic E-state index is 0.0209. The fraction of sp³-hybridized carbons (Fsp3) is 0.905. The van der Waals surface area contributed by atoms with Crippen molar-refractivity contribution in [3.63, 3.8) is 0 Å². The average molecular weight is 411 g/mol. The monoisotopic (exact) mass is 410 g/mol. The lowest BCUT2D eigenvalue weighted by Crippen LogP contribution is -2.54. The van der Waals surface area contributed by atoms with E-state index in [0.29, 0.717) is 28.4 Å². The van der Waals surface area contributed by atoms with Crippen molar-refractivity contribution in [1.82, 2.24) is 0 Å². The molecule has 0 spiro atoms. The van der Waals surface area contributed by atoms with Crippen molar-refractivity contribution >= 4 is 27.7 Å². The van der Waals surface area contributed by atoms with Gasteiger partial charge in [0.2, 0.25) is 0 Å². The number of esters is 1. The maximum Gasteiger partial charge on any atom is 0.316 e. The Balaban J connectivity index is 1.51. The number of hydrogen-bond acceptors (Lipinski definition) is 3. The summed E-state index contributed by atoms with van der Waals surface area (Å²) >= 11 is 3.20. The smallest absolute Gasteiger partial charge is 0.316 e. The van der Waals surface area contributed by atoms with Gasteiger partial charge in [-0.15, -0.1) is 0 Å². The number of Topliss-reactive ketones (excluding diaryl/α,β-unsaturated/α-hetero) is 1. The summed E-state index contributed by atoms with van der Waals surface area (Å²) in [4.78, 5) is 24.1. The van der Waals surface area contributed by atoms with Crippen LogP contribution in [0.5, 0.6) is 0 Å². The fourth-order valence-corrected chi connectivity index (χ4v) is 7.45. The minimum atomic E-state index is -0.125. The van der Waals surface area contributed by atoms with Crippen LogP contribution in [0, 0.1) is 34.5 Å². The van der Waals surface area contributed by atoms with Crippen LogP contribution >= 0.6 is 15.9 Å². The SMILES string of the molecule is CC12CCC3C(CCC4CC(OC(=O)CBr)CCC43C)C1CCC2=O. The van der Waals surface area contributed by atoms with E-state index in [-0.39, 0.29) is 17.5 Å². The first-order chi connectivity index (χ1) is 11.9. The third kappa shape index (κ3) is 2.73. The Morgan fingerprint density at radius 3 is 2.68 bits per heavy atom. The highest BCUT2D eigenvalue weighted by Crippen LogP contribution is 2.65. The lowest BCUT2D eigenvalue weighted by atomic mass is 9.45. The van der Waals surface area contributed by atoms with Crippen molar-refractivity contribution in [2.45, 2.75) is 77.7 Å². The first-order valence-electron chi connectivity index (χ1n) is 10.2. The molecule has 0 N–H and O–H groups in total. The molecule has 140 valence electrons. The molecular formula is C21H31BrO3. The summed E-state index contributed by atoms with van der Waals surface area (Å²) in [5, 5.41) is 0.296. The quantitative estimate of drug-likeness (QED) is 0.479. The predicted molar refractivity (Wildman–Crippen MR) is 100 cm³/mol. The molecule has 0 saturated heterocycles. The molecule has 4 aliphatic rings. The van der Waals surface area contributed by atoms with Crippen molar-refractivity contribution in [1.29, 1.82) is 0 Å². The zero-order valence-electron chi connectivity index (χ0n) is 15.6. The standard InChI is InChI=1S/C21H31BrO3/c1-20-9-7-14(25-19(24)12-22)11-13(20)3-4-15-16-5-6-18(23)21(16,2)10-8-17(15)20/h13-17H,3-12H2,1-2H3. The topological polar surface area (TPSA) is 43.4 Å². The molecule has 0 aromatic rings. The van der Waals surface area contributed by atoms with Gasteiger partial charge in [0.15, 0.2) is 0 Å². The average Bonchev–Trinajstić information content (AvgIpc) is 2.90. The molecule has 4 saturated carbocycles. The van der Waals surface area contributed by atoms with Crippen LogP contribution in [0.3, 0.4) is 0 Å². The van der Waals surface area contributed by atoms with Gasteiger partial charge in [0, 0.05) is 11.8 Å². The van der Waals surface area contributed by atoms with Gasteiger partial charge in [-0.1, -0.05) is 29.8 Å². The molecular weight excluding hydrogens is 380 g/mol. The molecule has 0 aromatic heterocycles. The second kappa shape index (κ2) is 6.35. The van der Waals surface area contributed by atoms with Gasteiger partial charge in [0.25, 0.3) is 0 Å². The zero-order valence-corrected chi connectivity index (χ0v) is 17.1. The Labute approximate surface area is 159 Å². The van der Waals surface area contributed by atoms with Crippen LogP contribution in [0.2, 0.25) is 0 Å². The number of carbonyl (C=O) groups excluding carboxylic acids is 2. The normalized spacial score (nSPS) is 49.1. The lowest BCUT2D eigenvalue weighted by Gasteiger charge is -2.60. The molecule has 25 heavy (non-hydrogen) atoms. The van der Waals surface area contributed by atoms with Gasteiger partial charge in [-0.2, -0.15) is 0 Å². The molecule has 0 radical (unpaired) electrons. The molecule has 4 aliphatic carbocycles. The highest BCUT2D eigenvalue weighted by atomic mass is 79.9. The number of ketones is 1. The molecule has 4 rings (SSSR count). The molecule has 7 unspecified atom stereocenters. The van der Waals surface area contributed by atoms with Gasteiger partial charge >= 0.3 is 5.97 Å². The Kier molecular flexibility index (Phi) is 4.57. The van der Waals surface area contributed by atoms with Crippen LogP contribution in [0.15, 0.2) is 0 Å². The van der Waals surface area contributed by atoms with E-state index in [9.17, 15) is 9.59 Å². The Morgan fingerprint density at radius 1 is 1.12 bits per heavy atom. The van der Waals surface area contributed by atoms with E-state index in [0.717, 1.165) is 43.9 Å². The maximum absolute atomic E-state index is 12.5. The molecule has 4 fully saturated rings. The Hall–Kier alpha value is -0.380. The van der Waals surface area contributed by atoms with Crippen molar-refractivity contribution in [2.75, 3.05) is 5.33 Å². The number of carbonyl (C=O) groups is 2. The van der Waals surface area contributed by atoms with E-state index >= 15 is 0 Å².